The van der Waals surface area contributed by atoms with Gasteiger partial charge in [0.05, 0.1) is 5.69 Å². The molecule has 0 aliphatic rings. The van der Waals surface area contributed by atoms with Crippen LogP contribution in [0.2, 0.25) is 0 Å². The Bertz CT molecular complexity index is 715. The number of para-hydroxylation sites is 1. The first-order valence-electron chi connectivity index (χ1n) is 7.45. The molecule has 0 aromatic heterocycles. The van der Waals surface area contributed by atoms with Crippen molar-refractivity contribution in [2.24, 2.45) is 0 Å². The maximum Gasteiger partial charge on any atom is 0.407 e. The van der Waals surface area contributed by atoms with E-state index in [0.29, 0.717) is 18.7 Å². The number of amides is 1. The Kier molecular flexibility index (Phi) is 6.07. The zero-order chi connectivity index (χ0) is 16.5. The molecule has 0 atom stereocenters. The fourth-order valence-corrected chi connectivity index (χ4v) is 1.95. The van der Waals surface area contributed by atoms with Crippen LogP contribution in [0, 0.1) is 18.8 Å². The minimum atomic E-state index is -0.439. The van der Waals surface area contributed by atoms with E-state index in [1.165, 1.54) is 0 Å². The van der Waals surface area contributed by atoms with Gasteiger partial charge in [-0.15, -0.1) is 0 Å². The third kappa shape index (κ3) is 5.40. The number of hydrogen-bond donors (Lipinski definition) is 2. The van der Waals surface area contributed by atoms with E-state index in [9.17, 15) is 4.79 Å². The van der Waals surface area contributed by atoms with Crippen molar-refractivity contribution < 1.29 is 9.53 Å². The third-order valence-corrected chi connectivity index (χ3v) is 3.28. The van der Waals surface area contributed by atoms with Gasteiger partial charge in [-0.2, -0.15) is 0 Å². The second kappa shape index (κ2) is 8.50. The Labute approximate surface area is 136 Å². The molecule has 0 saturated carbocycles. The fraction of sp³-hybridized carbons (Fsp3) is 0.211. The normalized spacial score (nSPS) is 9.61. The van der Waals surface area contributed by atoms with Crippen LogP contribution < -0.4 is 11.1 Å². The van der Waals surface area contributed by atoms with Crippen molar-refractivity contribution in [1.29, 1.82) is 0 Å². The Morgan fingerprint density at radius 2 is 1.96 bits per heavy atom. The fourth-order valence-electron chi connectivity index (χ4n) is 1.95. The van der Waals surface area contributed by atoms with E-state index in [-0.39, 0.29) is 6.61 Å². The summed E-state index contributed by atoms with van der Waals surface area (Å²) in [6.45, 7) is 2.65. The van der Waals surface area contributed by atoms with Crippen LogP contribution >= 0.6 is 0 Å². The summed E-state index contributed by atoms with van der Waals surface area (Å²) in [7, 11) is 0. The predicted octanol–water partition coefficient (Wildman–Crippen LogP) is 3.25. The van der Waals surface area contributed by atoms with Crippen LogP contribution in [-0.2, 0) is 11.3 Å². The molecule has 4 nitrogen and oxygen atoms in total. The van der Waals surface area contributed by atoms with Crippen LogP contribution in [0.3, 0.4) is 0 Å². The van der Waals surface area contributed by atoms with Gasteiger partial charge in [-0.05, 0) is 24.1 Å². The average molecular weight is 308 g/mol. The Morgan fingerprint density at radius 1 is 1.17 bits per heavy atom. The van der Waals surface area contributed by atoms with Crippen molar-refractivity contribution in [1.82, 2.24) is 5.32 Å². The van der Waals surface area contributed by atoms with Gasteiger partial charge in [0.2, 0.25) is 0 Å². The molecular formula is C19H20N2O2. The van der Waals surface area contributed by atoms with Crippen molar-refractivity contribution in [2.45, 2.75) is 20.0 Å². The molecule has 0 fully saturated rings. The van der Waals surface area contributed by atoms with Crippen molar-refractivity contribution in [3.63, 3.8) is 0 Å². The van der Waals surface area contributed by atoms with Crippen LogP contribution in [0.1, 0.15) is 23.1 Å². The lowest BCUT2D eigenvalue weighted by molar-refractivity contribution is 0.140. The lowest BCUT2D eigenvalue weighted by atomic mass is 10.1. The molecule has 0 saturated heterocycles. The lowest BCUT2D eigenvalue weighted by Crippen LogP contribution is -2.24. The zero-order valence-corrected chi connectivity index (χ0v) is 13.1. The highest BCUT2D eigenvalue weighted by Crippen LogP contribution is 2.14. The maximum atomic E-state index is 11.5. The van der Waals surface area contributed by atoms with Gasteiger partial charge in [-0.25, -0.2) is 4.79 Å². The second-order valence-electron chi connectivity index (χ2n) is 5.08. The molecule has 0 unspecified atom stereocenters. The van der Waals surface area contributed by atoms with E-state index in [1.807, 2.05) is 55.5 Å². The second-order valence-corrected chi connectivity index (χ2v) is 5.08. The van der Waals surface area contributed by atoms with Gasteiger partial charge in [-0.3, -0.25) is 0 Å². The molecule has 0 heterocycles. The van der Waals surface area contributed by atoms with Gasteiger partial charge in [0, 0.05) is 18.5 Å². The average Bonchev–Trinajstić information content (AvgIpc) is 2.57. The molecule has 23 heavy (non-hydrogen) atoms. The first-order valence-corrected chi connectivity index (χ1v) is 7.45. The summed E-state index contributed by atoms with van der Waals surface area (Å²) in [4.78, 5) is 11.5. The molecule has 1 amide bonds. The van der Waals surface area contributed by atoms with Gasteiger partial charge in [0.25, 0.3) is 0 Å². The molecule has 0 spiro atoms. The monoisotopic (exact) mass is 308 g/mol. The number of hydrogen-bond acceptors (Lipinski definition) is 3. The number of alkyl carbamates (subject to hydrolysis) is 1. The highest BCUT2D eigenvalue weighted by Gasteiger charge is 2.01. The van der Waals surface area contributed by atoms with Gasteiger partial charge >= 0.3 is 6.09 Å². The minimum absolute atomic E-state index is 0.262. The predicted molar refractivity (Wildman–Crippen MR) is 91.7 cm³/mol. The highest BCUT2D eigenvalue weighted by molar-refractivity contribution is 5.67. The molecule has 4 heteroatoms. The molecule has 2 rings (SSSR count). The van der Waals surface area contributed by atoms with E-state index in [2.05, 4.69) is 17.2 Å². The van der Waals surface area contributed by atoms with E-state index in [1.54, 1.807) is 0 Å². The first kappa shape index (κ1) is 16.4. The number of nitrogens with one attached hydrogen (secondary N) is 1. The van der Waals surface area contributed by atoms with Crippen molar-refractivity contribution >= 4 is 11.8 Å². The van der Waals surface area contributed by atoms with Crippen LogP contribution in [0.5, 0.6) is 0 Å². The summed E-state index contributed by atoms with van der Waals surface area (Å²) in [6, 6.07) is 15.3. The SMILES string of the molecule is Cc1cccc(C#CCCNC(=O)OCc2ccccc2)c1N. The standard InChI is InChI=1S/C19H20N2O2/c1-15-8-7-12-17(18(15)20)11-5-6-13-21-19(22)23-14-16-9-3-2-4-10-16/h2-4,7-10,12H,6,13-14,20H2,1H3,(H,21,22). The summed E-state index contributed by atoms with van der Waals surface area (Å²) in [5, 5.41) is 2.67. The third-order valence-electron chi connectivity index (χ3n) is 3.28. The molecular weight excluding hydrogens is 288 g/mol. The number of anilines is 1. The molecule has 0 aliphatic heterocycles. The summed E-state index contributed by atoms with van der Waals surface area (Å²) in [5.74, 6) is 6.02. The number of aryl methyl sites for hydroxylation is 1. The smallest absolute Gasteiger partial charge is 0.407 e. The topological polar surface area (TPSA) is 64.3 Å². The Morgan fingerprint density at radius 3 is 2.74 bits per heavy atom. The van der Waals surface area contributed by atoms with Crippen LogP contribution in [0.4, 0.5) is 10.5 Å². The van der Waals surface area contributed by atoms with Crippen LogP contribution in [0.15, 0.2) is 48.5 Å². The van der Waals surface area contributed by atoms with E-state index >= 15 is 0 Å². The number of nitrogen functional groups attached to an aromatic ring is 1. The summed E-state index contributed by atoms with van der Waals surface area (Å²) < 4.78 is 5.11. The van der Waals surface area contributed by atoms with Crippen molar-refractivity contribution in [2.75, 3.05) is 12.3 Å². The molecule has 2 aromatic rings. The summed E-state index contributed by atoms with van der Waals surface area (Å²) in [6.07, 6.45) is 0.0964. The van der Waals surface area contributed by atoms with Gasteiger partial charge in [-0.1, -0.05) is 54.3 Å². The molecule has 0 bridgehead atoms. The molecule has 3 N–H and O–H groups in total. The Balaban J connectivity index is 1.70. The number of rotatable bonds is 4. The highest BCUT2D eigenvalue weighted by atomic mass is 16.5. The number of benzene rings is 2. The minimum Gasteiger partial charge on any atom is -0.445 e. The largest absolute Gasteiger partial charge is 0.445 e. The van der Waals surface area contributed by atoms with E-state index in [4.69, 9.17) is 10.5 Å². The number of carbonyl (C=O) groups excluding carboxylic acids is 1. The van der Waals surface area contributed by atoms with E-state index < -0.39 is 6.09 Å². The maximum absolute atomic E-state index is 11.5. The molecule has 0 aliphatic carbocycles. The summed E-state index contributed by atoms with van der Waals surface area (Å²) in [5.41, 5.74) is 9.44. The number of ether oxygens (including phenoxy) is 1. The Hall–Kier alpha value is -2.93. The molecule has 0 radical (unpaired) electrons. The van der Waals surface area contributed by atoms with Gasteiger partial charge < -0.3 is 15.8 Å². The van der Waals surface area contributed by atoms with Crippen LogP contribution in [0.25, 0.3) is 0 Å². The summed E-state index contributed by atoms with van der Waals surface area (Å²) >= 11 is 0. The van der Waals surface area contributed by atoms with E-state index in [0.717, 1.165) is 16.7 Å². The quantitative estimate of drug-likeness (QED) is 0.518. The number of carbonyl (C=O) groups is 1. The number of nitrogens with two attached hydrogens (primary N) is 1. The van der Waals surface area contributed by atoms with Gasteiger partial charge in [0.15, 0.2) is 0 Å². The van der Waals surface area contributed by atoms with Crippen LogP contribution in [-0.4, -0.2) is 12.6 Å². The first-order chi connectivity index (χ1) is 11.2. The van der Waals surface area contributed by atoms with Crippen molar-refractivity contribution in [3.05, 3.63) is 65.2 Å². The molecule has 118 valence electrons. The van der Waals surface area contributed by atoms with Gasteiger partial charge in [0.1, 0.15) is 6.61 Å². The zero-order valence-electron chi connectivity index (χ0n) is 13.1. The molecule has 2 aromatic carbocycles. The van der Waals surface area contributed by atoms with Crippen molar-refractivity contribution in [3.8, 4) is 11.8 Å². The lowest BCUT2D eigenvalue weighted by Gasteiger charge is -2.05.